The van der Waals surface area contributed by atoms with Crippen LogP contribution in [0.5, 0.6) is 6.01 Å². The molecule has 2 atom stereocenters. The number of carboxylic acid groups (broad SMARTS) is 1. The summed E-state index contributed by atoms with van der Waals surface area (Å²) >= 11 is 0. The van der Waals surface area contributed by atoms with Crippen LogP contribution in [0.25, 0.3) is 0 Å². The van der Waals surface area contributed by atoms with Crippen molar-refractivity contribution in [1.29, 1.82) is 0 Å². The van der Waals surface area contributed by atoms with E-state index >= 15 is 0 Å². The van der Waals surface area contributed by atoms with Crippen molar-refractivity contribution in [2.75, 3.05) is 7.11 Å². The molecule has 6 nitrogen and oxygen atoms in total. The summed E-state index contributed by atoms with van der Waals surface area (Å²) in [6.07, 6.45) is 6.24. The second-order valence-electron chi connectivity index (χ2n) is 6.71. The lowest BCUT2D eigenvalue weighted by molar-refractivity contribution is -0.160. The van der Waals surface area contributed by atoms with Crippen molar-refractivity contribution < 1.29 is 19.4 Å². The van der Waals surface area contributed by atoms with Gasteiger partial charge in [-0.2, -0.15) is 0 Å². The third-order valence-corrected chi connectivity index (χ3v) is 4.73. The molecule has 0 saturated heterocycles. The van der Waals surface area contributed by atoms with E-state index in [2.05, 4.69) is 9.97 Å². The molecule has 0 radical (unpaired) electrons. The van der Waals surface area contributed by atoms with Gasteiger partial charge in [0, 0.05) is 18.5 Å². The second-order valence-corrected chi connectivity index (χ2v) is 6.71. The van der Waals surface area contributed by atoms with Gasteiger partial charge < -0.3 is 14.6 Å². The van der Waals surface area contributed by atoms with Gasteiger partial charge in [-0.3, -0.25) is 0 Å². The van der Waals surface area contributed by atoms with Crippen LogP contribution in [0, 0.1) is 13.8 Å². The monoisotopic (exact) mass is 380 g/mol. The van der Waals surface area contributed by atoms with Crippen molar-refractivity contribution in [3.05, 3.63) is 77.2 Å². The van der Waals surface area contributed by atoms with Crippen molar-refractivity contribution in [3.63, 3.8) is 0 Å². The van der Waals surface area contributed by atoms with Gasteiger partial charge in [-0.15, -0.1) is 0 Å². The number of ether oxygens (including phenoxy) is 2. The Hall–Kier alpha value is -2.99. The summed E-state index contributed by atoms with van der Waals surface area (Å²) in [6.45, 7) is 3.62. The average Bonchev–Trinajstić information content (AvgIpc) is 2.69. The van der Waals surface area contributed by atoms with Crippen molar-refractivity contribution >= 4 is 5.97 Å². The van der Waals surface area contributed by atoms with Crippen molar-refractivity contribution in [1.82, 2.24) is 9.97 Å². The number of methoxy groups -OCH3 is 1. The number of aryl methyl sites for hydroxylation is 2. The van der Waals surface area contributed by atoms with Crippen LogP contribution in [-0.4, -0.2) is 34.3 Å². The quantitative estimate of drug-likeness (QED) is 0.788. The minimum absolute atomic E-state index is 0.0163. The van der Waals surface area contributed by atoms with Crippen LogP contribution in [0.1, 0.15) is 29.8 Å². The maximum absolute atomic E-state index is 12.4. The molecule has 1 aliphatic rings. The zero-order valence-electron chi connectivity index (χ0n) is 16.3. The fourth-order valence-electron chi connectivity index (χ4n) is 3.55. The maximum Gasteiger partial charge on any atom is 0.348 e. The largest absolute Gasteiger partial charge is 0.478 e. The average molecular weight is 380 g/mol. The highest BCUT2D eigenvalue weighted by Gasteiger charge is 2.50. The van der Waals surface area contributed by atoms with Crippen LogP contribution in [-0.2, 0) is 15.1 Å². The zero-order chi connectivity index (χ0) is 20.1. The first-order chi connectivity index (χ1) is 13.5. The number of benzene rings is 1. The maximum atomic E-state index is 12.4. The molecule has 1 heterocycles. The zero-order valence-corrected chi connectivity index (χ0v) is 16.3. The highest BCUT2D eigenvalue weighted by Crippen LogP contribution is 2.40. The Bertz CT molecular complexity index is 888. The van der Waals surface area contributed by atoms with E-state index in [1.54, 1.807) is 6.07 Å². The van der Waals surface area contributed by atoms with Crippen LogP contribution >= 0.6 is 0 Å². The molecule has 2 aromatic rings. The predicted molar refractivity (Wildman–Crippen MR) is 105 cm³/mol. The topological polar surface area (TPSA) is 81.5 Å². The lowest BCUT2D eigenvalue weighted by Crippen LogP contribution is -2.51. The normalized spacial score (nSPS) is 16.8. The Morgan fingerprint density at radius 1 is 1.14 bits per heavy atom. The van der Waals surface area contributed by atoms with Gasteiger partial charge >= 0.3 is 12.0 Å². The lowest BCUT2D eigenvalue weighted by Gasteiger charge is -2.39. The highest BCUT2D eigenvalue weighted by molar-refractivity contribution is 5.76. The molecular weight excluding hydrogens is 356 g/mol. The number of aromatic nitrogens is 2. The van der Waals surface area contributed by atoms with Crippen LogP contribution < -0.4 is 4.74 Å². The molecule has 0 amide bonds. The Labute approximate surface area is 164 Å². The molecule has 1 N–H and O–H groups in total. The van der Waals surface area contributed by atoms with Crippen LogP contribution in [0.3, 0.4) is 0 Å². The summed E-state index contributed by atoms with van der Waals surface area (Å²) in [5, 5.41) is 10.1. The van der Waals surface area contributed by atoms with E-state index < -0.39 is 17.7 Å². The third-order valence-electron chi connectivity index (χ3n) is 4.73. The number of carbonyl (C=O) groups is 1. The SMILES string of the molecule is COC(C1=CCCC=C1)(c1ccccc1)[C@H](Oc1nc(C)cc(C)n1)C(=O)O. The summed E-state index contributed by atoms with van der Waals surface area (Å²) < 4.78 is 11.8. The van der Waals surface area contributed by atoms with E-state index in [-0.39, 0.29) is 6.01 Å². The van der Waals surface area contributed by atoms with Crippen LogP contribution in [0.2, 0.25) is 0 Å². The molecule has 6 heteroatoms. The Morgan fingerprint density at radius 2 is 1.82 bits per heavy atom. The van der Waals surface area contributed by atoms with E-state index in [1.165, 1.54) is 7.11 Å². The molecule has 1 aromatic heterocycles. The van der Waals surface area contributed by atoms with Gasteiger partial charge in [0.1, 0.15) is 0 Å². The minimum Gasteiger partial charge on any atom is -0.478 e. The molecule has 28 heavy (non-hydrogen) atoms. The first-order valence-electron chi connectivity index (χ1n) is 9.17. The lowest BCUT2D eigenvalue weighted by atomic mass is 9.78. The van der Waals surface area contributed by atoms with Gasteiger partial charge in [-0.05, 0) is 43.9 Å². The molecule has 1 aliphatic carbocycles. The number of carboxylic acids is 1. The fraction of sp³-hybridized carbons (Fsp3) is 0.318. The van der Waals surface area contributed by atoms with E-state index in [1.807, 2.05) is 62.4 Å². The standard InChI is InChI=1S/C22H24N2O4/c1-15-14-16(2)24-21(23-15)28-19(20(25)26)22(27-3,17-10-6-4-7-11-17)18-12-8-5-9-13-18/h4,6-8,10-14,19H,5,9H2,1-3H3,(H,25,26)/t19-,22?/m1/s1. The van der Waals surface area contributed by atoms with Gasteiger partial charge in [-0.1, -0.05) is 48.6 Å². The van der Waals surface area contributed by atoms with Crippen LogP contribution in [0.4, 0.5) is 0 Å². The molecule has 3 rings (SSSR count). The molecule has 1 aromatic carbocycles. The molecular formula is C22H24N2O4. The molecule has 146 valence electrons. The fourth-order valence-corrected chi connectivity index (χ4v) is 3.55. The highest BCUT2D eigenvalue weighted by atomic mass is 16.6. The summed E-state index contributed by atoms with van der Waals surface area (Å²) in [5.74, 6) is -1.16. The molecule has 0 aliphatic heterocycles. The summed E-state index contributed by atoms with van der Waals surface area (Å²) in [4.78, 5) is 20.9. The Balaban J connectivity index is 2.16. The number of hydrogen-bond donors (Lipinski definition) is 1. The molecule has 0 saturated carbocycles. The summed E-state index contributed by atoms with van der Waals surface area (Å²) in [5.41, 5.74) is 1.49. The van der Waals surface area contributed by atoms with Gasteiger partial charge in [0.2, 0.25) is 6.10 Å². The van der Waals surface area contributed by atoms with Crippen molar-refractivity contribution in [2.24, 2.45) is 0 Å². The Kier molecular flexibility index (Phi) is 5.90. The summed E-state index contributed by atoms with van der Waals surface area (Å²) in [6, 6.07) is 11.1. The number of nitrogens with zero attached hydrogens (tertiary/aromatic N) is 2. The first kappa shape index (κ1) is 19.8. The smallest absolute Gasteiger partial charge is 0.348 e. The molecule has 0 bridgehead atoms. The second kappa shape index (κ2) is 8.35. The van der Waals surface area contributed by atoms with Gasteiger partial charge in [0.15, 0.2) is 5.60 Å². The minimum atomic E-state index is -1.38. The van der Waals surface area contributed by atoms with Crippen LogP contribution in [0.15, 0.2) is 60.2 Å². The summed E-state index contributed by atoms with van der Waals surface area (Å²) in [7, 11) is 1.50. The van der Waals surface area contributed by atoms with Gasteiger partial charge in [0.05, 0.1) is 0 Å². The molecule has 0 spiro atoms. The number of allylic oxidation sites excluding steroid dienone is 2. The Morgan fingerprint density at radius 3 is 2.36 bits per heavy atom. The van der Waals surface area contributed by atoms with E-state index in [0.717, 1.165) is 18.4 Å². The predicted octanol–water partition coefficient (Wildman–Crippen LogP) is 3.74. The van der Waals surface area contributed by atoms with E-state index in [0.29, 0.717) is 17.0 Å². The van der Waals surface area contributed by atoms with E-state index in [9.17, 15) is 9.90 Å². The van der Waals surface area contributed by atoms with Gasteiger partial charge in [-0.25, -0.2) is 14.8 Å². The first-order valence-corrected chi connectivity index (χ1v) is 9.17. The molecule has 1 unspecified atom stereocenters. The number of hydrogen-bond acceptors (Lipinski definition) is 5. The van der Waals surface area contributed by atoms with Crippen molar-refractivity contribution in [2.45, 2.75) is 38.4 Å². The number of rotatable bonds is 7. The number of aliphatic carboxylic acids is 1. The molecule has 0 fully saturated rings. The third kappa shape index (κ3) is 3.82. The van der Waals surface area contributed by atoms with Crippen molar-refractivity contribution in [3.8, 4) is 6.01 Å². The van der Waals surface area contributed by atoms with E-state index in [4.69, 9.17) is 9.47 Å². The van der Waals surface area contributed by atoms with Gasteiger partial charge in [0.25, 0.3) is 0 Å².